The number of likely N-dealkylation sites (tertiary alicyclic amines) is 1. The average molecular weight is 207 g/mol. The number of amides is 1. The van der Waals surface area contributed by atoms with E-state index in [0.717, 1.165) is 26.2 Å². The minimum atomic E-state index is -0.00171. The molecule has 0 saturated carbocycles. The van der Waals surface area contributed by atoms with E-state index in [1.54, 1.807) is 0 Å². The third-order valence-corrected chi connectivity index (χ3v) is 3.31. The Morgan fingerprint density at radius 2 is 2.13 bits per heavy atom. The van der Waals surface area contributed by atoms with Gasteiger partial charge in [0.25, 0.3) is 5.91 Å². The van der Waals surface area contributed by atoms with Crippen molar-refractivity contribution in [3.05, 3.63) is 11.9 Å². The van der Waals surface area contributed by atoms with Gasteiger partial charge in [0.1, 0.15) is 0 Å². The van der Waals surface area contributed by atoms with Gasteiger partial charge in [0.05, 0.1) is 6.20 Å². The van der Waals surface area contributed by atoms with E-state index in [-0.39, 0.29) is 5.91 Å². The molecule has 2 atom stereocenters. The van der Waals surface area contributed by atoms with Gasteiger partial charge in [-0.3, -0.25) is 4.79 Å². The monoisotopic (exact) mass is 207 g/mol. The molecule has 15 heavy (non-hydrogen) atoms. The molecule has 6 nitrogen and oxygen atoms in total. The molecule has 2 saturated heterocycles. The molecule has 2 N–H and O–H groups in total. The molecule has 0 aromatic carbocycles. The Bertz CT molecular complexity index is 351. The quantitative estimate of drug-likeness (QED) is 0.625. The predicted octanol–water partition coefficient (Wildman–Crippen LogP) is -0.904. The van der Waals surface area contributed by atoms with Gasteiger partial charge in [-0.05, 0) is 11.8 Å². The van der Waals surface area contributed by atoms with Crippen LogP contribution in [0.5, 0.6) is 0 Å². The Hall–Kier alpha value is -1.43. The summed E-state index contributed by atoms with van der Waals surface area (Å²) >= 11 is 0. The van der Waals surface area contributed by atoms with E-state index < -0.39 is 0 Å². The van der Waals surface area contributed by atoms with Crippen molar-refractivity contribution in [3.8, 4) is 0 Å². The van der Waals surface area contributed by atoms with E-state index in [4.69, 9.17) is 0 Å². The van der Waals surface area contributed by atoms with Crippen LogP contribution in [0.25, 0.3) is 0 Å². The van der Waals surface area contributed by atoms with Gasteiger partial charge in [-0.15, -0.1) is 0 Å². The summed E-state index contributed by atoms with van der Waals surface area (Å²) in [6, 6.07) is 0. The third-order valence-electron chi connectivity index (χ3n) is 3.31. The maximum Gasteiger partial charge on any atom is 0.276 e. The minimum absolute atomic E-state index is 0.00171. The number of carbonyl (C=O) groups is 1. The Morgan fingerprint density at radius 1 is 1.40 bits per heavy atom. The standard InChI is InChI=1S/C9H13N5O/c15-9(8-3-11-13-12-8)14-4-6-1-10-2-7(6)5-14/h3,6-7,10H,1-2,4-5H2,(H,11,12,13). The molecule has 0 spiro atoms. The number of aromatic nitrogens is 3. The van der Waals surface area contributed by atoms with Gasteiger partial charge in [-0.2, -0.15) is 15.4 Å². The smallest absolute Gasteiger partial charge is 0.276 e. The molecular weight excluding hydrogens is 194 g/mol. The van der Waals surface area contributed by atoms with Gasteiger partial charge in [0, 0.05) is 26.2 Å². The number of aromatic amines is 1. The largest absolute Gasteiger partial charge is 0.337 e. The summed E-state index contributed by atoms with van der Waals surface area (Å²) in [4.78, 5) is 13.8. The number of carbonyl (C=O) groups excluding carboxylic acids is 1. The second-order valence-corrected chi connectivity index (χ2v) is 4.24. The van der Waals surface area contributed by atoms with E-state index in [9.17, 15) is 4.79 Å². The van der Waals surface area contributed by atoms with Crippen molar-refractivity contribution in [1.82, 2.24) is 25.6 Å². The fourth-order valence-electron chi connectivity index (χ4n) is 2.49. The molecule has 0 bridgehead atoms. The number of rotatable bonds is 1. The molecule has 6 heteroatoms. The first kappa shape index (κ1) is 8.84. The molecule has 0 radical (unpaired) electrons. The van der Waals surface area contributed by atoms with Gasteiger partial charge in [-0.25, -0.2) is 0 Å². The zero-order valence-corrected chi connectivity index (χ0v) is 8.31. The highest BCUT2D eigenvalue weighted by Gasteiger charge is 2.38. The highest BCUT2D eigenvalue weighted by molar-refractivity contribution is 5.92. The van der Waals surface area contributed by atoms with Crippen LogP contribution in [0.1, 0.15) is 10.5 Å². The number of hydrogen-bond donors (Lipinski definition) is 2. The predicted molar refractivity (Wildman–Crippen MR) is 52.1 cm³/mol. The maximum absolute atomic E-state index is 11.9. The van der Waals surface area contributed by atoms with E-state index in [2.05, 4.69) is 20.7 Å². The lowest BCUT2D eigenvalue weighted by Crippen LogP contribution is -2.32. The van der Waals surface area contributed by atoms with Crippen LogP contribution in [0.3, 0.4) is 0 Å². The summed E-state index contributed by atoms with van der Waals surface area (Å²) in [5.41, 5.74) is 0.419. The van der Waals surface area contributed by atoms with Crippen molar-refractivity contribution in [2.45, 2.75) is 0 Å². The zero-order valence-electron chi connectivity index (χ0n) is 8.31. The highest BCUT2D eigenvalue weighted by atomic mass is 16.2. The lowest BCUT2D eigenvalue weighted by Gasteiger charge is -2.15. The van der Waals surface area contributed by atoms with E-state index in [1.165, 1.54) is 6.20 Å². The van der Waals surface area contributed by atoms with Crippen LogP contribution in [-0.2, 0) is 0 Å². The summed E-state index contributed by atoms with van der Waals surface area (Å²) in [6.07, 6.45) is 1.48. The molecule has 0 aliphatic carbocycles. The molecular formula is C9H13N5O. The normalized spacial score (nSPS) is 29.5. The summed E-state index contributed by atoms with van der Waals surface area (Å²) in [7, 11) is 0. The SMILES string of the molecule is O=C(c1cn[nH]n1)N1CC2CNCC2C1. The van der Waals surface area contributed by atoms with Crippen LogP contribution in [0.4, 0.5) is 0 Å². The second kappa shape index (κ2) is 3.30. The lowest BCUT2D eigenvalue weighted by molar-refractivity contribution is 0.0776. The van der Waals surface area contributed by atoms with Gasteiger partial charge in [0.2, 0.25) is 0 Å². The summed E-state index contributed by atoms with van der Waals surface area (Å²) in [6.45, 7) is 3.77. The van der Waals surface area contributed by atoms with Crippen molar-refractivity contribution >= 4 is 5.91 Å². The average Bonchev–Trinajstić information content (AvgIpc) is 2.92. The van der Waals surface area contributed by atoms with Crippen LogP contribution in [0, 0.1) is 11.8 Å². The fraction of sp³-hybridized carbons (Fsp3) is 0.667. The molecule has 1 amide bonds. The van der Waals surface area contributed by atoms with Crippen molar-refractivity contribution in [2.75, 3.05) is 26.2 Å². The van der Waals surface area contributed by atoms with Crippen LogP contribution >= 0.6 is 0 Å². The molecule has 1 aromatic rings. The van der Waals surface area contributed by atoms with E-state index in [0.29, 0.717) is 17.5 Å². The van der Waals surface area contributed by atoms with Crippen molar-refractivity contribution in [2.24, 2.45) is 11.8 Å². The van der Waals surface area contributed by atoms with Crippen LogP contribution in [0.15, 0.2) is 6.20 Å². The number of H-pyrrole nitrogens is 1. The van der Waals surface area contributed by atoms with Crippen LogP contribution < -0.4 is 5.32 Å². The molecule has 80 valence electrons. The van der Waals surface area contributed by atoms with Crippen LogP contribution in [0.2, 0.25) is 0 Å². The molecule has 1 aromatic heterocycles. The zero-order chi connectivity index (χ0) is 10.3. The Morgan fingerprint density at radius 3 is 2.73 bits per heavy atom. The first-order chi connectivity index (χ1) is 7.34. The summed E-state index contributed by atoms with van der Waals surface area (Å²) in [5, 5.41) is 13.3. The summed E-state index contributed by atoms with van der Waals surface area (Å²) < 4.78 is 0. The summed E-state index contributed by atoms with van der Waals surface area (Å²) in [5.74, 6) is 1.25. The lowest BCUT2D eigenvalue weighted by atomic mass is 10.0. The number of fused-ring (bicyclic) bond motifs is 1. The first-order valence-electron chi connectivity index (χ1n) is 5.20. The van der Waals surface area contributed by atoms with Gasteiger partial charge >= 0.3 is 0 Å². The molecule has 3 heterocycles. The van der Waals surface area contributed by atoms with Crippen molar-refractivity contribution in [1.29, 1.82) is 0 Å². The number of nitrogens with zero attached hydrogens (tertiary/aromatic N) is 3. The second-order valence-electron chi connectivity index (χ2n) is 4.24. The van der Waals surface area contributed by atoms with Crippen molar-refractivity contribution < 1.29 is 4.79 Å². The Labute approximate surface area is 87.0 Å². The van der Waals surface area contributed by atoms with E-state index in [1.807, 2.05) is 4.90 Å². The molecule has 3 rings (SSSR count). The molecule has 2 aliphatic rings. The molecule has 2 aliphatic heterocycles. The highest BCUT2D eigenvalue weighted by Crippen LogP contribution is 2.26. The number of nitrogens with one attached hydrogen (secondary N) is 2. The maximum atomic E-state index is 11.9. The third kappa shape index (κ3) is 1.41. The molecule has 2 unspecified atom stereocenters. The number of hydrogen-bond acceptors (Lipinski definition) is 4. The topological polar surface area (TPSA) is 73.9 Å². The van der Waals surface area contributed by atoms with Gasteiger partial charge < -0.3 is 10.2 Å². The Balaban J connectivity index is 1.72. The minimum Gasteiger partial charge on any atom is -0.337 e. The first-order valence-corrected chi connectivity index (χ1v) is 5.20. The van der Waals surface area contributed by atoms with E-state index >= 15 is 0 Å². The fourth-order valence-corrected chi connectivity index (χ4v) is 2.49. The van der Waals surface area contributed by atoms with Crippen LogP contribution in [-0.4, -0.2) is 52.4 Å². The van der Waals surface area contributed by atoms with Crippen molar-refractivity contribution in [3.63, 3.8) is 0 Å². The molecule has 2 fully saturated rings. The Kier molecular flexibility index (Phi) is 1.95. The van der Waals surface area contributed by atoms with Gasteiger partial charge in [-0.1, -0.05) is 0 Å². The van der Waals surface area contributed by atoms with Gasteiger partial charge in [0.15, 0.2) is 5.69 Å².